The number of epoxide rings is 1. The second-order valence-corrected chi connectivity index (χ2v) is 5.57. The van der Waals surface area contributed by atoms with Gasteiger partial charge in [-0.15, -0.1) is 0 Å². The van der Waals surface area contributed by atoms with Gasteiger partial charge < -0.3 is 18.9 Å². The average Bonchev–Trinajstić information content (AvgIpc) is 3.40. The Kier molecular flexibility index (Phi) is 5.51. The molecule has 1 fully saturated rings. The summed E-state index contributed by atoms with van der Waals surface area (Å²) in [6.45, 7) is 2.64. The molecule has 1 saturated heterocycles. The molecular formula is C19H22O4. The van der Waals surface area contributed by atoms with Gasteiger partial charge in [0.05, 0.1) is 13.2 Å². The molecule has 0 radical (unpaired) electrons. The summed E-state index contributed by atoms with van der Waals surface area (Å²) in [5.41, 5.74) is 2.51. The fourth-order valence-corrected chi connectivity index (χ4v) is 2.24. The summed E-state index contributed by atoms with van der Waals surface area (Å²) in [4.78, 5) is 0. The van der Waals surface area contributed by atoms with Gasteiger partial charge >= 0.3 is 0 Å². The highest BCUT2D eigenvalue weighted by molar-refractivity contribution is 5.34. The third-order valence-corrected chi connectivity index (χ3v) is 3.65. The number of hydrogen-bond donors (Lipinski definition) is 0. The molecule has 0 N–H and O–H groups in total. The van der Waals surface area contributed by atoms with Crippen molar-refractivity contribution in [2.24, 2.45) is 0 Å². The highest BCUT2D eigenvalue weighted by Gasteiger charge is 2.22. The average molecular weight is 314 g/mol. The fourth-order valence-electron chi connectivity index (χ4n) is 2.24. The second kappa shape index (κ2) is 7.99. The van der Waals surface area contributed by atoms with Crippen molar-refractivity contribution in [1.29, 1.82) is 0 Å². The lowest BCUT2D eigenvalue weighted by atomic mass is 10.0. The molecule has 4 heteroatoms. The van der Waals surface area contributed by atoms with E-state index in [4.69, 9.17) is 18.9 Å². The van der Waals surface area contributed by atoms with Crippen LogP contribution in [0.5, 0.6) is 11.5 Å². The second-order valence-electron chi connectivity index (χ2n) is 5.57. The lowest BCUT2D eigenvalue weighted by molar-refractivity contribution is 0.146. The minimum absolute atomic E-state index is 0.291. The first-order valence-electron chi connectivity index (χ1n) is 7.87. The Morgan fingerprint density at radius 3 is 1.96 bits per heavy atom. The summed E-state index contributed by atoms with van der Waals surface area (Å²) in [7, 11) is 1.67. The van der Waals surface area contributed by atoms with Crippen LogP contribution in [0.15, 0.2) is 48.5 Å². The quantitative estimate of drug-likeness (QED) is 0.527. The van der Waals surface area contributed by atoms with E-state index in [1.54, 1.807) is 7.11 Å². The SMILES string of the molecule is COCCOc1ccc(Cc2ccc(OCC3CO3)cc2)cc1. The third kappa shape index (κ3) is 5.27. The van der Waals surface area contributed by atoms with E-state index in [1.807, 2.05) is 24.3 Å². The van der Waals surface area contributed by atoms with E-state index < -0.39 is 0 Å². The Labute approximate surface area is 136 Å². The van der Waals surface area contributed by atoms with E-state index >= 15 is 0 Å². The molecule has 0 aromatic heterocycles. The molecule has 3 rings (SSSR count). The van der Waals surface area contributed by atoms with Crippen molar-refractivity contribution < 1.29 is 18.9 Å². The molecule has 23 heavy (non-hydrogen) atoms. The summed E-state index contributed by atoms with van der Waals surface area (Å²) >= 11 is 0. The van der Waals surface area contributed by atoms with E-state index in [2.05, 4.69) is 24.3 Å². The van der Waals surface area contributed by atoms with E-state index in [-0.39, 0.29) is 0 Å². The van der Waals surface area contributed by atoms with Crippen LogP contribution in [0, 0.1) is 0 Å². The molecule has 0 bridgehead atoms. The summed E-state index contributed by atoms with van der Waals surface area (Å²) in [5.74, 6) is 1.77. The van der Waals surface area contributed by atoms with Gasteiger partial charge in [-0.25, -0.2) is 0 Å². The maximum atomic E-state index is 5.65. The van der Waals surface area contributed by atoms with Gasteiger partial charge in [-0.3, -0.25) is 0 Å². The Bertz CT molecular complexity index is 588. The normalized spacial score (nSPS) is 16.1. The zero-order chi connectivity index (χ0) is 15.9. The molecule has 0 spiro atoms. The molecule has 2 aromatic rings. The summed E-state index contributed by atoms with van der Waals surface area (Å²) in [6, 6.07) is 16.4. The molecule has 122 valence electrons. The Morgan fingerprint density at radius 2 is 1.43 bits per heavy atom. The van der Waals surface area contributed by atoms with Crippen molar-refractivity contribution >= 4 is 0 Å². The molecular weight excluding hydrogens is 292 g/mol. The molecule has 1 aliphatic rings. The van der Waals surface area contributed by atoms with Crippen LogP contribution in [0.3, 0.4) is 0 Å². The van der Waals surface area contributed by atoms with Crippen molar-refractivity contribution in [3.63, 3.8) is 0 Å². The zero-order valence-corrected chi connectivity index (χ0v) is 13.4. The van der Waals surface area contributed by atoms with Crippen LogP contribution in [0.25, 0.3) is 0 Å². The van der Waals surface area contributed by atoms with Gasteiger partial charge in [-0.2, -0.15) is 0 Å². The smallest absolute Gasteiger partial charge is 0.119 e. The van der Waals surface area contributed by atoms with Gasteiger partial charge in [0.15, 0.2) is 0 Å². The highest BCUT2D eigenvalue weighted by atomic mass is 16.6. The van der Waals surface area contributed by atoms with E-state index in [0.717, 1.165) is 24.5 Å². The van der Waals surface area contributed by atoms with Crippen LogP contribution in [0.4, 0.5) is 0 Å². The minimum Gasteiger partial charge on any atom is -0.491 e. The molecule has 0 saturated carbocycles. The predicted molar refractivity (Wildman–Crippen MR) is 88.3 cm³/mol. The number of rotatable bonds is 9. The van der Waals surface area contributed by atoms with E-state index in [1.165, 1.54) is 11.1 Å². The molecule has 0 aliphatic carbocycles. The number of hydrogen-bond acceptors (Lipinski definition) is 4. The van der Waals surface area contributed by atoms with Gasteiger partial charge in [0.25, 0.3) is 0 Å². The lowest BCUT2D eigenvalue weighted by Gasteiger charge is -2.08. The predicted octanol–water partition coefficient (Wildman–Crippen LogP) is 3.08. The van der Waals surface area contributed by atoms with Crippen LogP contribution in [-0.4, -0.2) is 39.6 Å². The van der Waals surface area contributed by atoms with Crippen LogP contribution in [0.2, 0.25) is 0 Å². The van der Waals surface area contributed by atoms with Gasteiger partial charge in [0, 0.05) is 7.11 Å². The molecule has 1 aliphatic heterocycles. The monoisotopic (exact) mass is 314 g/mol. The van der Waals surface area contributed by atoms with Gasteiger partial charge in [0.2, 0.25) is 0 Å². The summed E-state index contributed by atoms with van der Waals surface area (Å²) in [6.07, 6.45) is 1.18. The molecule has 0 amide bonds. The fraction of sp³-hybridized carbons (Fsp3) is 0.368. The zero-order valence-electron chi connectivity index (χ0n) is 13.4. The van der Waals surface area contributed by atoms with Crippen LogP contribution in [0.1, 0.15) is 11.1 Å². The first-order chi connectivity index (χ1) is 11.3. The molecule has 1 unspecified atom stereocenters. The summed E-state index contributed by atoms with van der Waals surface area (Å²) < 4.78 is 21.3. The largest absolute Gasteiger partial charge is 0.491 e. The number of benzene rings is 2. The molecule has 1 heterocycles. The number of ether oxygens (including phenoxy) is 4. The van der Waals surface area contributed by atoms with Crippen molar-refractivity contribution in [1.82, 2.24) is 0 Å². The highest BCUT2D eigenvalue weighted by Crippen LogP contribution is 2.19. The van der Waals surface area contributed by atoms with Crippen LogP contribution in [-0.2, 0) is 15.9 Å². The Balaban J connectivity index is 1.49. The molecule has 1 atom stereocenters. The van der Waals surface area contributed by atoms with Gasteiger partial charge in [-0.1, -0.05) is 24.3 Å². The van der Waals surface area contributed by atoms with Crippen molar-refractivity contribution in [2.45, 2.75) is 12.5 Å². The maximum absolute atomic E-state index is 5.65. The Hall–Kier alpha value is -2.04. The van der Waals surface area contributed by atoms with Gasteiger partial charge in [0.1, 0.15) is 30.8 Å². The van der Waals surface area contributed by atoms with Gasteiger partial charge in [-0.05, 0) is 41.8 Å². The van der Waals surface area contributed by atoms with Crippen molar-refractivity contribution in [3.05, 3.63) is 59.7 Å². The van der Waals surface area contributed by atoms with Crippen molar-refractivity contribution in [3.8, 4) is 11.5 Å². The molecule has 2 aromatic carbocycles. The maximum Gasteiger partial charge on any atom is 0.119 e. The first kappa shape index (κ1) is 15.8. The van der Waals surface area contributed by atoms with E-state index in [0.29, 0.717) is 25.9 Å². The minimum atomic E-state index is 0.291. The third-order valence-electron chi connectivity index (χ3n) is 3.65. The number of methoxy groups -OCH3 is 1. The first-order valence-corrected chi connectivity index (χ1v) is 7.87. The van der Waals surface area contributed by atoms with Crippen LogP contribution >= 0.6 is 0 Å². The van der Waals surface area contributed by atoms with Crippen LogP contribution < -0.4 is 9.47 Å². The standard InChI is InChI=1S/C19H22O4/c1-20-10-11-21-17-6-2-15(3-7-17)12-16-4-8-18(9-5-16)22-13-19-14-23-19/h2-9,19H,10-14H2,1H3. The Morgan fingerprint density at radius 1 is 0.870 bits per heavy atom. The summed E-state index contributed by atoms with van der Waals surface area (Å²) in [5, 5.41) is 0. The van der Waals surface area contributed by atoms with E-state index in [9.17, 15) is 0 Å². The topological polar surface area (TPSA) is 40.2 Å². The lowest BCUT2D eigenvalue weighted by Crippen LogP contribution is -2.04. The van der Waals surface area contributed by atoms with Crippen molar-refractivity contribution in [2.75, 3.05) is 33.5 Å². The molecule has 4 nitrogen and oxygen atoms in total.